The Labute approximate surface area is 116 Å². The molecular formula is C14H18BrNO2. The Bertz CT molecular complexity index is 447. The topological polar surface area (TPSA) is 40.5 Å². The van der Waals surface area contributed by atoms with Crippen LogP contribution in [0.15, 0.2) is 22.7 Å². The summed E-state index contributed by atoms with van der Waals surface area (Å²) >= 11 is 3.49. The van der Waals surface area contributed by atoms with Crippen molar-refractivity contribution in [2.75, 3.05) is 19.7 Å². The Morgan fingerprint density at radius 2 is 2.33 bits per heavy atom. The minimum atomic E-state index is 0.0889. The first kappa shape index (κ1) is 13.6. The Morgan fingerprint density at radius 3 is 3.06 bits per heavy atom. The standard InChI is InChI=1S/C14H18BrNO2/c1-10-3-2-4-12(13(10)15)14(18)16-7-5-11(9-16)6-8-17/h2-4,11,17H,5-9H2,1H3. The summed E-state index contributed by atoms with van der Waals surface area (Å²) in [4.78, 5) is 14.3. The number of carbonyl (C=O) groups is 1. The van der Waals surface area contributed by atoms with E-state index in [1.165, 1.54) is 0 Å². The lowest BCUT2D eigenvalue weighted by Gasteiger charge is -2.18. The van der Waals surface area contributed by atoms with Crippen LogP contribution in [0, 0.1) is 12.8 Å². The highest BCUT2D eigenvalue weighted by molar-refractivity contribution is 9.10. The number of hydrogen-bond acceptors (Lipinski definition) is 2. The molecule has 1 aromatic rings. The number of hydrogen-bond donors (Lipinski definition) is 1. The lowest BCUT2D eigenvalue weighted by Crippen LogP contribution is -2.29. The minimum absolute atomic E-state index is 0.0889. The van der Waals surface area contributed by atoms with E-state index >= 15 is 0 Å². The maximum Gasteiger partial charge on any atom is 0.255 e. The van der Waals surface area contributed by atoms with Crippen LogP contribution in [0.1, 0.15) is 28.8 Å². The van der Waals surface area contributed by atoms with Gasteiger partial charge in [-0.3, -0.25) is 4.79 Å². The molecule has 1 atom stereocenters. The molecule has 0 spiro atoms. The van der Waals surface area contributed by atoms with Crippen molar-refractivity contribution in [2.45, 2.75) is 19.8 Å². The number of rotatable bonds is 3. The second-order valence-corrected chi connectivity index (χ2v) is 5.65. The summed E-state index contributed by atoms with van der Waals surface area (Å²) in [6.45, 7) is 3.75. The SMILES string of the molecule is Cc1cccc(C(=O)N2CCC(CCO)C2)c1Br. The molecule has 1 aromatic carbocycles. The molecule has 1 unspecified atom stereocenters. The number of carbonyl (C=O) groups excluding carboxylic acids is 1. The molecule has 98 valence electrons. The Kier molecular flexibility index (Phi) is 4.40. The van der Waals surface area contributed by atoms with Crippen molar-refractivity contribution in [1.29, 1.82) is 0 Å². The van der Waals surface area contributed by atoms with Crippen molar-refractivity contribution in [1.82, 2.24) is 4.90 Å². The number of amides is 1. The van der Waals surface area contributed by atoms with Crippen molar-refractivity contribution >= 4 is 21.8 Å². The zero-order valence-corrected chi connectivity index (χ0v) is 12.1. The first-order valence-corrected chi connectivity index (χ1v) is 7.08. The molecule has 3 nitrogen and oxygen atoms in total. The van der Waals surface area contributed by atoms with Crippen molar-refractivity contribution < 1.29 is 9.90 Å². The van der Waals surface area contributed by atoms with Crippen molar-refractivity contribution in [3.05, 3.63) is 33.8 Å². The molecule has 4 heteroatoms. The van der Waals surface area contributed by atoms with Crippen LogP contribution in [0.5, 0.6) is 0 Å². The van der Waals surface area contributed by atoms with Crippen molar-refractivity contribution in [2.24, 2.45) is 5.92 Å². The summed E-state index contributed by atoms with van der Waals surface area (Å²) < 4.78 is 0.889. The van der Waals surface area contributed by atoms with Gasteiger partial charge in [-0.1, -0.05) is 12.1 Å². The van der Waals surface area contributed by atoms with E-state index in [-0.39, 0.29) is 12.5 Å². The molecule has 1 saturated heterocycles. The third-order valence-electron chi connectivity index (χ3n) is 3.53. The highest BCUT2D eigenvalue weighted by Gasteiger charge is 2.27. The van der Waals surface area contributed by atoms with Gasteiger partial charge in [0.2, 0.25) is 0 Å². The van der Waals surface area contributed by atoms with E-state index in [0.717, 1.165) is 41.5 Å². The molecule has 1 aliphatic heterocycles. The molecule has 0 bridgehead atoms. The summed E-state index contributed by atoms with van der Waals surface area (Å²) in [5, 5.41) is 8.94. The number of aliphatic hydroxyl groups excluding tert-OH is 1. The summed E-state index contributed by atoms with van der Waals surface area (Å²) in [7, 11) is 0. The molecule has 0 aromatic heterocycles. The normalized spacial score (nSPS) is 19.3. The lowest BCUT2D eigenvalue weighted by atomic mass is 10.1. The third-order valence-corrected chi connectivity index (χ3v) is 4.59. The Morgan fingerprint density at radius 1 is 1.56 bits per heavy atom. The quantitative estimate of drug-likeness (QED) is 0.932. The zero-order chi connectivity index (χ0) is 13.1. The summed E-state index contributed by atoms with van der Waals surface area (Å²) in [5.74, 6) is 0.536. The largest absolute Gasteiger partial charge is 0.396 e. The van der Waals surface area contributed by atoms with Gasteiger partial charge in [-0.05, 0) is 53.2 Å². The van der Waals surface area contributed by atoms with E-state index in [9.17, 15) is 4.79 Å². The number of likely N-dealkylation sites (tertiary alicyclic amines) is 1. The summed E-state index contributed by atoms with van der Waals surface area (Å²) in [5.41, 5.74) is 1.81. The molecule has 0 saturated carbocycles. The second kappa shape index (κ2) is 5.85. The minimum Gasteiger partial charge on any atom is -0.396 e. The van der Waals surface area contributed by atoms with E-state index in [4.69, 9.17) is 5.11 Å². The van der Waals surface area contributed by atoms with E-state index in [2.05, 4.69) is 15.9 Å². The third kappa shape index (κ3) is 2.75. The number of nitrogens with zero attached hydrogens (tertiary/aromatic N) is 1. The van der Waals surface area contributed by atoms with Gasteiger partial charge in [-0.2, -0.15) is 0 Å². The van der Waals surface area contributed by atoms with E-state index in [0.29, 0.717) is 5.92 Å². The maximum atomic E-state index is 12.4. The average molecular weight is 312 g/mol. The Hall–Kier alpha value is -0.870. The van der Waals surface area contributed by atoms with Crippen LogP contribution in [0.25, 0.3) is 0 Å². The molecule has 2 rings (SSSR count). The molecule has 1 aliphatic rings. The smallest absolute Gasteiger partial charge is 0.255 e. The van der Waals surface area contributed by atoms with Gasteiger partial charge in [0.25, 0.3) is 5.91 Å². The first-order valence-electron chi connectivity index (χ1n) is 6.28. The molecule has 1 amide bonds. The Balaban J connectivity index is 2.11. The first-order chi connectivity index (χ1) is 8.63. The highest BCUT2D eigenvalue weighted by Crippen LogP contribution is 2.26. The predicted octanol–water partition coefficient (Wildman–Crippen LogP) is 2.60. The molecule has 1 heterocycles. The van der Waals surface area contributed by atoms with Gasteiger partial charge in [-0.15, -0.1) is 0 Å². The predicted molar refractivity (Wildman–Crippen MR) is 74.6 cm³/mol. The number of halogens is 1. The van der Waals surface area contributed by atoms with Crippen LogP contribution in [-0.2, 0) is 0 Å². The van der Waals surface area contributed by atoms with Crippen molar-refractivity contribution in [3.63, 3.8) is 0 Å². The highest BCUT2D eigenvalue weighted by atomic mass is 79.9. The fourth-order valence-corrected chi connectivity index (χ4v) is 2.85. The maximum absolute atomic E-state index is 12.4. The van der Waals surface area contributed by atoms with Crippen LogP contribution in [-0.4, -0.2) is 35.6 Å². The van der Waals surface area contributed by atoms with E-state index in [1.54, 1.807) is 0 Å². The van der Waals surface area contributed by atoms with E-state index in [1.807, 2.05) is 30.0 Å². The molecule has 1 N–H and O–H groups in total. The average Bonchev–Trinajstić information content (AvgIpc) is 2.81. The van der Waals surface area contributed by atoms with E-state index < -0.39 is 0 Å². The van der Waals surface area contributed by atoms with Gasteiger partial charge in [-0.25, -0.2) is 0 Å². The van der Waals surface area contributed by atoms with Crippen LogP contribution in [0.2, 0.25) is 0 Å². The summed E-state index contributed by atoms with van der Waals surface area (Å²) in [6, 6.07) is 5.76. The monoisotopic (exact) mass is 311 g/mol. The van der Waals surface area contributed by atoms with Crippen LogP contribution in [0.3, 0.4) is 0 Å². The van der Waals surface area contributed by atoms with Crippen LogP contribution >= 0.6 is 15.9 Å². The molecule has 1 fully saturated rings. The van der Waals surface area contributed by atoms with Gasteiger partial charge in [0, 0.05) is 24.2 Å². The van der Waals surface area contributed by atoms with Gasteiger partial charge in [0.15, 0.2) is 0 Å². The van der Waals surface area contributed by atoms with Gasteiger partial charge < -0.3 is 10.0 Å². The second-order valence-electron chi connectivity index (χ2n) is 4.85. The van der Waals surface area contributed by atoms with Crippen LogP contribution < -0.4 is 0 Å². The zero-order valence-electron chi connectivity index (χ0n) is 10.5. The van der Waals surface area contributed by atoms with Gasteiger partial charge >= 0.3 is 0 Å². The lowest BCUT2D eigenvalue weighted by molar-refractivity contribution is 0.0783. The van der Waals surface area contributed by atoms with Crippen LogP contribution in [0.4, 0.5) is 0 Å². The number of benzene rings is 1. The van der Waals surface area contributed by atoms with Crippen molar-refractivity contribution in [3.8, 4) is 0 Å². The fraction of sp³-hybridized carbons (Fsp3) is 0.500. The fourth-order valence-electron chi connectivity index (χ4n) is 2.42. The van der Waals surface area contributed by atoms with Gasteiger partial charge in [0.05, 0.1) is 5.56 Å². The van der Waals surface area contributed by atoms with Gasteiger partial charge in [0.1, 0.15) is 0 Å². The number of aryl methyl sites for hydroxylation is 1. The molecule has 0 radical (unpaired) electrons. The molecular weight excluding hydrogens is 294 g/mol. The molecule has 18 heavy (non-hydrogen) atoms. The number of aliphatic hydroxyl groups is 1. The summed E-state index contributed by atoms with van der Waals surface area (Å²) in [6.07, 6.45) is 1.79. The molecule has 0 aliphatic carbocycles.